The van der Waals surface area contributed by atoms with E-state index in [1.165, 1.54) is 24.4 Å². The lowest BCUT2D eigenvalue weighted by Gasteiger charge is -2.35. The molecule has 1 amide bonds. The number of amides is 1. The minimum absolute atomic E-state index is 0.333. The molecule has 28 heavy (non-hydrogen) atoms. The average molecular weight is 402 g/mol. The maximum absolute atomic E-state index is 13.9. The highest BCUT2D eigenvalue weighted by Gasteiger charge is 2.63. The molecule has 0 saturated heterocycles. The van der Waals surface area contributed by atoms with E-state index in [0.717, 1.165) is 36.4 Å². The van der Waals surface area contributed by atoms with Crippen LogP contribution in [0.25, 0.3) is 0 Å². The molecule has 0 bridgehead atoms. The molecule has 1 unspecified atom stereocenters. The zero-order valence-electron chi connectivity index (χ0n) is 14.4. The predicted octanol–water partition coefficient (Wildman–Crippen LogP) is 3.63. The van der Waals surface area contributed by atoms with Crippen molar-refractivity contribution in [2.75, 3.05) is 11.9 Å². The van der Waals surface area contributed by atoms with Crippen LogP contribution < -0.4 is 10.6 Å². The van der Waals surface area contributed by atoms with Crippen molar-refractivity contribution < 1.29 is 36.3 Å². The number of rotatable bonds is 6. The van der Waals surface area contributed by atoms with Crippen molar-refractivity contribution in [3.05, 3.63) is 65.7 Å². The fourth-order valence-corrected chi connectivity index (χ4v) is 2.26. The van der Waals surface area contributed by atoms with Crippen molar-refractivity contribution in [3.63, 3.8) is 0 Å². The number of carbonyl (C=O) groups excluding carboxylic acids is 2. The molecule has 0 aliphatic rings. The summed E-state index contributed by atoms with van der Waals surface area (Å²) in [5, 5.41) is 3.34. The lowest BCUT2D eigenvalue weighted by atomic mass is 10.1. The van der Waals surface area contributed by atoms with Crippen LogP contribution in [0.1, 0.15) is 17.3 Å². The Hall–Kier alpha value is -3.17. The van der Waals surface area contributed by atoms with Gasteiger partial charge in [-0.3, -0.25) is 4.79 Å². The van der Waals surface area contributed by atoms with Gasteiger partial charge in [-0.05, 0) is 43.3 Å². The first-order valence-electron chi connectivity index (χ1n) is 7.95. The van der Waals surface area contributed by atoms with E-state index in [0.29, 0.717) is 0 Å². The Kier molecular flexibility index (Phi) is 6.22. The van der Waals surface area contributed by atoms with E-state index >= 15 is 0 Å². The van der Waals surface area contributed by atoms with Gasteiger partial charge in [-0.15, -0.1) is 0 Å². The minimum atomic E-state index is -5.39. The lowest BCUT2D eigenvalue weighted by molar-refractivity contribution is -0.204. The fraction of sp³-hybridized carbons (Fsp3) is 0.222. The quantitative estimate of drug-likeness (QED) is 0.440. The van der Waals surface area contributed by atoms with Gasteiger partial charge < -0.3 is 15.4 Å². The predicted molar refractivity (Wildman–Crippen MR) is 89.3 cm³/mol. The van der Waals surface area contributed by atoms with Crippen LogP contribution in [0, 0.1) is 11.6 Å². The van der Waals surface area contributed by atoms with E-state index in [1.54, 1.807) is 0 Å². The second-order valence-electron chi connectivity index (χ2n) is 5.53. The third-order valence-electron chi connectivity index (χ3n) is 3.60. The summed E-state index contributed by atoms with van der Waals surface area (Å²) >= 11 is 0. The summed E-state index contributed by atoms with van der Waals surface area (Å²) in [6.07, 6.45) is -5.39. The van der Waals surface area contributed by atoms with Crippen LogP contribution >= 0.6 is 0 Å². The number of benzene rings is 2. The molecule has 2 aromatic carbocycles. The Labute approximate surface area is 156 Å². The van der Waals surface area contributed by atoms with Gasteiger partial charge in [-0.2, -0.15) is 13.2 Å². The first kappa shape index (κ1) is 21.1. The molecule has 2 aromatic rings. The summed E-state index contributed by atoms with van der Waals surface area (Å²) in [4.78, 5) is 24.6. The van der Waals surface area contributed by atoms with Gasteiger partial charge in [0.1, 0.15) is 11.6 Å². The molecule has 2 N–H and O–H groups in total. The van der Waals surface area contributed by atoms with E-state index in [-0.39, 0.29) is 5.69 Å². The molecule has 0 aromatic heterocycles. The summed E-state index contributed by atoms with van der Waals surface area (Å²) in [5.41, 5.74) is -4.78. The minimum Gasteiger partial charge on any atom is -0.463 e. The molecular weight excluding hydrogens is 387 g/mol. The second kappa shape index (κ2) is 8.24. The number of hydrogen-bond donors (Lipinski definition) is 2. The van der Waals surface area contributed by atoms with Crippen LogP contribution in [0.4, 0.5) is 27.6 Å². The first-order chi connectivity index (χ1) is 13.1. The highest BCUT2D eigenvalue weighted by Crippen LogP contribution is 2.33. The number of ether oxygens (including phenoxy) is 1. The molecule has 0 aliphatic heterocycles. The number of carbonyl (C=O) groups is 2. The summed E-state index contributed by atoms with van der Waals surface area (Å²) in [6.45, 7) is 0.854. The molecule has 0 aliphatic carbocycles. The SMILES string of the molecule is CCOC(=O)C(NC(=O)c1ccccc1F)(Nc1ccc(F)cc1)C(F)(F)F. The molecule has 2 rings (SSSR count). The number of hydrogen-bond acceptors (Lipinski definition) is 4. The summed E-state index contributed by atoms with van der Waals surface area (Å²) in [7, 11) is 0. The highest BCUT2D eigenvalue weighted by atomic mass is 19.4. The first-order valence-corrected chi connectivity index (χ1v) is 7.95. The van der Waals surface area contributed by atoms with Crippen molar-refractivity contribution >= 4 is 17.6 Å². The van der Waals surface area contributed by atoms with Crippen LogP contribution in [0.15, 0.2) is 48.5 Å². The summed E-state index contributed by atoms with van der Waals surface area (Å²) in [6, 6.07) is 7.89. The Balaban J connectivity index is 2.52. The number of anilines is 1. The Bertz CT molecular complexity index is 855. The smallest absolute Gasteiger partial charge is 0.441 e. The van der Waals surface area contributed by atoms with Gasteiger partial charge in [0, 0.05) is 5.69 Å². The van der Waals surface area contributed by atoms with Crippen molar-refractivity contribution in [3.8, 4) is 0 Å². The standard InChI is InChI=1S/C18H15F5N2O3/c1-2-28-16(27)17(18(21,22)23,24-12-9-7-11(19)8-10-12)25-15(26)13-5-3-4-6-14(13)20/h3-10,24H,2H2,1H3,(H,25,26). The van der Waals surface area contributed by atoms with Gasteiger partial charge in [0.2, 0.25) is 0 Å². The Morgan fingerprint density at radius 1 is 1.00 bits per heavy atom. The largest absolute Gasteiger partial charge is 0.463 e. The van der Waals surface area contributed by atoms with Crippen molar-refractivity contribution in [1.82, 2.24) is 5.32 Å². The topological polar surface area (TPSA) is 67.4 Å². The summed E-state index contributed by atoms with van der Waals surface area (Å²) in [5.74, 6) is -5.17. The monoisotopic (exact) mass is 402 g/mol. The molecule has 0 saturated carbocycles. The number of halogens is 5. The number of alkyl halides is 3. The third kappa shape index (κ3) is 4.38. The molecule has 0 spiro atoms. The van der Waals surface area contributed by atoms with Crippen LogP contribution in [0.3, 0.4) is 0 Å². The van der Waals surface area contributed by atoms with Crippen LogP contribution in [-0.4, -0.2) is 30.3 Å². The normalized spacial score (nSPS) is 13.4. The molecule has 0 radical (unpaired) electrons. The molecule has 150 valence electrons. The Morgan fingerprint density at radius 3 is 2.14 bits per heavy atom. The van der Waals surface area contributed by atoms with Gasteiger partial charge in [-0.1, -0.05) is 12.1 Å². The lowest BCUT2D eigenvalue weighted by Crippen LogP contribution is -2.69. The van der Waals surface area contributed by atoms with E-state index < -0.39 is 47.5 Å². The van der Waals surface area contributed by atoms with Gasteiger partial charge in [-0.25, -0.2) is 13.6 Å². The van der Waals surface area contributed by atoms with E-state index in [1.807, 2.05) is 5.32 Å². The zero-order chi connectivity index (χ0) is 20.9. The average Bonchev–Trinajstić information content (AvgIpc) is 2.62. The number of nitrogens with one attached hydrogen (secondary N) is 2. The Morgan fingerprint density at radius 2 is 1.61 bits per heavy atom. The van der Waals surface area contributed by atoms with Gasteiger partial charge in [0.05, 0.1) is 12.2 Å². The third-order valence-corrected chi connectivity index (χ3v) is 3.60. The molecular formula is C18H15F5N2O3. The molecule has 1 atom stereocenters. The van der Waals surface area contributed by atoms with E-state index in [9.17, 15) is 31.5 Å². The maximum atomic E-state index is 13.9. The second-order valence-corrected chi connectivity index (χ2v) is 5.53. The summed E-state index contributed by atoms with van der Waals surface area (Å²) < 4.78 is 73.2. The van der Waals surface area contributed by atoms with Crippen molar-refractivity contribution in [2.24, 2.45) is 0 Å². The van der Waals surface area contributed by atoms with Crippen LogP contribution in [0.5, 0.6) is 0 Å². The fourth-order valence-electron chi connectivity index (χ4n) is 2.26. The van der Waals surface area contributed by atoms with Crippen LogP contribution in [-0.2, 0) is 9.53 Å². The highest BCUT2D eigenvalue weighted by molar-refractivity contribution is 5.99. The van der Waals surface area contributed by atoms with E-state index in [4.69, 9.17) is 0 Å². The van der Waals surface area contributed by atoms with Crippen molar-refractivity contribution in [2.45, 2.75) is 18.8 Å². The molecule has 0 fully saturated rings. The van der Waals surface area contributed by atoms with Gasteiger partial charge in [0.15, 0.2) is 0 Å². The van der Waals surface area contributed by atoms with Gasteiger partial charge >= 0.3 is 17.8 Å². The molecule has 5 nitrogen and oxygen atoms in total. The van der Waals surface area contributed by atoms with Crippen molar-refractivity contribution in [1.29, 1.82) is 0 Å². The molecule has 0 heterocycles. The maximum Gasteiger partial charge on any atom is 0.441 e. The zero-order valence-corrected chi connectivity index (χ0v) is 14.4. The van der Waals surface area contributed by atoms with E-state index in [2.05, 4.69) is 4.74 Å². The van der Waals surface area contributed by atoms with Gasteiger partial charge in [0.25, 0.3) is 5.91 Å². The number of esters is 1. The van der Waals surface area contributed by atoms with Crippen LogP contribution in [0.2, 0.25) is 0 Å². The molecule has 10 heteroatoms.